The zero-order valence-corrected chi connectivity index (χ0v) is 11.6. The Kier molecular flexibility index (Phi) is 11.2. The highest BCUT2D eigenvalue weighted by atomic mass is 14.4. The molecule has 1 saturated carbocycles. The minimum atomic E-state index is 0.694. The summed E-state index contributed by atoms with van der Waals surface area (Å²) in [5.41, 5.74) is 0.694. The zero-order valence-electron chi connectivity index (χ0n) is 11.6. The van der Waals surface area contributed by atoms with Crippen molar-refractivity contribution >= 4 is 0 Å². The fraction of sp³-hybridized carbons (Fsp3) is 1.00. The maximum atomic E-state index is 2.34. The second-order valence-corrected chi connectivity index (χ2v) is 5.03. The lowest BCUT2D eigenvalue weighted by molar-refractivity contribution is 0.111. The molecule has 0 aliphatic heterocycles. The summed E-state index contributed by atoms with van der Waals surface area (Å²) in [5.74, 6) is 1.01. The van der Waals surface area contributed by atoms with Crippen molar-refractivity contribution in [2.45, 2.75) is 80.6 Å². The normalized spacial score (nSPS) is 18.2. The van der Waals surface area contributed by atoms with Crippen LogP contribution in [0.1, 0.15) is 80.6 Å². The van der Waals surface area contributed by atoms with Crippen molar-refractivity contribution in [1.82, 2.24) is 0 Å². The van der Waals surface area contributed by atoms with Crippen LogP contribution >= 0.6 is 0 Å². The van der Waals surface area contributed by atoms with Crippen LogP contribution in [0.15, 0.2) is 0 Å². The molecule has 14 heavy (non-hydrogen) atoms. The monoisotopic (exact) mass is 200 g/mol. The molecule has 0 atom stereocenters. The van der Waals surface area contributed by atoms with Gasteiger partial charge in [0.05, 0.1) is 0 Å². The van der Waals surface area contributed by atoms with Gasteiger partial charge in [0.2, 0.25) is 0 Å². The van der Waals surface area contributed by atoms with Gasteiger partial charge in [-0.1, -0.05) is 67.7 Å². The van der Waals surface area contributed by atoms with E-state index in [-0.39, 0.29) is 0 Å². The van der Waals surface area contributed by atoms with E-state index in [1.807, 2.05) is 13.8 Å². The van der Waals surface area contributed by atoms with E-state index in [0.29, 0.717) is 5.41 Å². The van der Waals surface area contributed by atoms with Gasteiger partial charge in [-0.2, -0.15) is 0 Å². The lowest BCUT2D eigenvalue weighted by atomic mass is 9.65. The maximum Gasteiger partial charge on any atom is -0.0349 e. The van der Waals surface area contributed by atoms with Crippen molar-refractivity contribution in [2.24, 2.45) is 11.3 Å². The largest absolute Gasteiger partial charge is 0.0683 e. The van der Waals surface area contributed by atoms with Gasteiger partial charge < -0.3 is 0 Å². The van der Waals surface area contributed by atoms with Crippen LogP contribution in [0.25, 0.3) is 0 Å². The van der Waals surface area contributed by atoms with Gasteiger partial charge in [-0.25, -0.2) is 0 Å². The zero-order chi connectivity index (χ0) is 11.6. The standard InChI is InChI=1S/C7H14.C5H12.C2H6/c1-6-4-7(2,3)5-6;1-3-5-4-2;1-2/h6H,4-5H2,1-3H3;3-5H2,1-2H3;1-2H3. The number of hydrogen-bond acceptors (Lipinski definition) is 0. The molecule has 1 aliphatic carbocycles. The molecule has 0 amide bonds. The first-order chi connectivity index (χ1) is 6.52. The van der Waals surface area contributed by atoms with Crippen LogP contribution in [0.3, 0.4) is 0 Å². The van der Waals surface area contributed by atoms with Crippen molar-refractivity contribution < 1.29 is 0 Å². The molecular weight excluding hydrogens is 168 g/mol. The summed E-state index contributed by atoms with van der Waals surface area (Å²) in [4.78, 5) is 0. The van der Waals surface area contributed by atoms with E-state index >= 15 is 0 Å². The predicted molar refractivity (Wildman–Crippen MR) is 68.7 cm³/mol. The molecule has 0 heterocycles. The molecule has 0 unspecified atom stereocenters. The first kappa shape index (κ1) is 16.4. The Bertz CT molecular complexity index is 92.6. The van der Waals surface area contributed by atoms with E-state index in [9.17, 15) is 0 Å². The molecule has 0 saturated heterocycles. The average molecular weight is 200 g/mol. The van der Waals surface area contributed by atoms with Crippen LogP contribution in [0, 0.1) is 11.3 Å². The highest BCUT2D eigenvalue weighted by Gasteiger charge is 2.32. The molecule has 0 aromatic heterocycles. The van der Waals surface area contributed by atoms with Crippen molar-refractivity contribution in [3.8, 4) is 0 Å². The second-order valence-electron chi connectivity index (χ2n) is 5.03. The smallest absolute Gasteiger partial charge is 0.0349 e. The number of rotatable bonds is 2. The van der Waals surface area contributed by atoms with Crippen molar-refractivity contribution in [3.63, 3.8) is 0 Å². The summed E-state index contributed by atoms with van der Waals surface area (Å²) in [7, 11) is 0. The van der Waals surface area contributed by atoms with Gasteiger partial charge in [0.25, 0.3) is 0 Å². The van der Waals surface area contributed by atoms with Gasteiger partial charge in [-0.3, -0.25) is 0 Å². The molecule has 0 aromatic carbocycles. The first-order valence-corrected chi connectivity index (χ1v) is 6.52. The molecule has 0 bridgehead atoms. The third-order valence-corrected chi connectivity index (χ3v) is 2.51. The summed E-state index contributed by atoms with van der Waals surface area (Å²) < 4.78 is 0. The summed E-state index contributed by atoms with van der Waals surface area (Å²) in [5, 5.41) is 0. The van der Waals surface area contributed by atoms with Crippen LogP contribution in [-0.4, -0.2) is 0 Å². The Balaban J connectivity index is 0. The van der Waals surface area contributed by atoms with E-state index in [1.54, 1.807) is 0 Å². The fourth-order valence-electron chi connectivity index (χ4n) is 2.18. The number of hydrogen-bond donors (Lipinski definition) is 0. The minimum Gasteiger partial charge on any atom is -0.0683 e. The Morgan fingerprint density at radius 3 is 1.36 bits per heavy atom. The third kappa shape index (κ3) is 10.1. The fourth-order valence-corrected chi connectivity index (χ4v) is 2.18. The molecule has 0 nitrogen and oxygen atoms in total. The van der Waals surface area contributed by atoms with Gasteiger partial charge >= 0.3 is 0 Å². The molecule has 1 aliphatic rings. The molecule has 0 N–H and O–H groups in total. The summed E-state index contributed by atoms with van der Waals surface area (Å²) in [6.45, 7) is 15.4. The molecule has 1 rings (SSSR count). The molecule has 0 spiro atoms. The highest BCUT2D eigenvalue weighted by molar-refractivity contribution is 4.83. The molecule has 1 fully saturated rings. The van der Waals surface area contributed by atoms with Crippen LogP contribution < -0.4 is 0 Å². The predicted octanol–water partition coefficient (Wildman–Crippen LogP) is 5.67. The molecule has 88 valence electrons. The van der Waals surface area contributed by atoms with Crippen LogP contribution in [0.4, 0.5) is 0 Å². The van der Waals surface area contributed by atoms with E-state index < -0.39 is 0 Å². The third-order valence-electron chi connectivity index (χ3n) is 2.51. The molecule has 0 heteroatoms. The maximum absolute atomic E-state index is 2.34. The first-order valence-electron chi connectivity index (χ1n) is 6.52. The van der Waals surface area contributed by atoms with Gasteiger partial charge in [-0.05, 0) is 24.2 Å². The molecule has 0 radical (unpaired) electrons. The van der Waals surface area contributed by atoms with Crippen molar-refractivity contribution in [3.05, 3.63) is 0 Å². The van der Waals surface area contributed by atoms with Crippen LogP contribution in [0.5, 0.6) is 0 Å². The Hall–Kier alpha value is 0. The Morgan fingerprint density at radius 1 is 1.00 bits per heavy atom. The average Bonchev–Trinajstić information content (AvgIpc) is 2.07. The van der Waals surface area contributed by atoms with Crippen molar-refractivity contribution in [1.29, 1.82) is 0 Å². The van der Waals surface area contributed by atoms with Crippen LogP contribution in [0.2, 0.25) is 0 Å². The lowest BCUT2D eigenvalue weighted by Gasteiger charge is -2.40. The molecular formula is C14H32. The topological polar surface area (TPSA) is 0 Å². The number of unbranched alkanes of at least 4 members (excludes halogenated alkanes) is 2. The Labute approximate surface area is 92.5 Å². The summed E-state index contributed by atoms with van der Waals surface area (Å²) in [6, 6.07) is 0. The van der Waals surface area contributed by atoms with Gasteiger partial charge in [-0.15, -0.1) is 0 Å². The minimum absolute atomic E-state index is 0.694. The van der Waals surface area contributed by atoms with E-state index in [0.717, 1.165) is 5.92 Å². The van der Waals surface area contributed by atoms with Gasteiger partial charge in [0.1, 0.15) is 0 Å². The van der Waals surface area contributed by atoms with Gasteiger partial charge in [0.15, 0.2) is 0 Å². The lowest BCUT2D eigenvalue weighted by Crippen LogP contribution is -2.29. The van der Waals surface area contributed by atoms with Crippen molar-refractivity contribution in [2.75, 3.05) is 0 Å². The SMILES string of the molecule is CC.CC1CC(C)(C)C1.CCCCC. The van der Waals surface area contributed by atoms with E-state index in [1.165, 1.54) is 32.1 Å². The highest BCUT2D eigenvalue weighted by Crippen LogP contribution is 2.43. The summed E-state index contributed by atoms with van der Waals surface area (Å²) in [6.07, 6.45) is 6.95. The second kappa shape index (κ2) is 9.55. The van der Waals surface area contributed by atoms with E-state index in [4.69, 9.17) is 0 Å². The quantitative estimate of drug-likeness (QED) is 0.539. The summed E-state index contributed by atoms with van der Waals surface area (Å²) >= 11 is 0. The van der Waals surface area contributed by atoms with E-state index in [2.05, 4.69) is 34.6 Å². The molecule has 0 aromatic rings. The van der Waals surface area contributed by atoms with Gasteiger partial charge in [0, 0.05) is 0 Å². The van der Waals surface area contributed by atoms with Crippen LogP contribution in [-0.2, 0) is 0 Å². The Morgan fingerprint density at radius 2 is 1.36 bits per heavy atom.